The quantitative estimate of drug-likeness (QED) is 0.172. The molecule has 4 aromatic heterocycles. The molecule has 0 unspecified atom stereocenters. The SMILES string of the molecule is c1ccc(-c2cc(-c3cccc(-n4c5cc(-c6cccc7c8ccccc8n(-c8ccccc8)c67)ccc5c5ncccc54)c3)cc(-c3ccccc3)n2)cc1. The number of hydrogen-bond acceptors (Lipinski definition) is 2. The molecular weight excluding hydrogens is 681 g/mol. The van der Waals surface area contributed by atoms with Crippen molar-refractivity contribution in [2.45, 2.75) is 0 Å². The van der Waals surface area contributed by atoms with E-state index in [1.54, 1.807) is 0 Å². The summed E-state index contributed by atoms with van der Waals surface area (Å²) >= 11 is 0. The molecule has 0 saturated carbocycles. The molecule has 0 spiro atoms. The Bertz CT molecular complexity index is 3170. The second-order valence-corrected chi connectivity index (χ2v) is 14.2. The van der Waals surface area contributed by atoms with Crippen LogP contribution in [0.15, 0.2) is 206 Å². The van der Waals surface area contributed by atoms with E-state index in [0.717, 1.165) is 72.5 Å². The first kappa shape index (κ1) is 31.9. The van der Waals surface area contributed by atoms with E-state index in [4.69, 9.17) is 9.97 Å². The van der Waals surface area contributed by atoms with Gasteiger partial charge < -0.3 is 9.13 Å². The molecule has 0 fully saturated rings. The molecule has 0 N–H and O–H groups in total. The third kappa shape index (κ3) is 5.23. The predicted molar refractivity (Wildman–Crippen MR) is 232 cm³/mol. The number of rotatable bonds is 6. The van der Waals surface area contributed by atoms with Crippen LogP contribution in [-0.4, -0.2) is 19.1 Å². The highest BCUT2D eigenvalue weighted by Gasteiger charge is 2.19. The van der Waals surface area contributed by atoms with Gasteiger partial charge in [0.2, 0.25) is 0 Å². The maximum absolute atomic E-state index is 5.14. The number of aromatic nitrogens is 4. The predicted octanol–water partition coefficient (Wildman–Crippen LogP) is 13.3. The second kappa shape index (κ2) is 13.1. The van der Waals surface area contributed by atoms with Gasteiger partial charge in [-0.1, -0.05) is 133 Å². The van der Waals surface area contributed by atoms with Crippen molar-refractivity contribution in [1.82, 2.24) is 19.1 Å². The maximum Gasteiger partial charge on any atom is 0.0963 e. The fourth-order valence-electron chi connectivity index (χ4n) is 8.41. The van der Waals surface area contributed by atoms with E-state index < -0.39 is 0 Å². The van der Waals surface area contributed by atoms with Crippen molar-refractivity contribution in [3.8, 4) is 56.1 Å². The van der Waals surface area contributed by atoms with E-state index in [1.807, 2.05) is 24.4 Å². The van der Waals surface area contributed by atoms with Gasteiger partial charge in [0.05, 0.1) is 39.0 Å². The maximum atomic E-state index is 5.14. The fraction of sp³-hybridized carbons (Fsp3) is 0. The fourth-order valence-corrected chi connectivity index (χ4v) is 8.41. The largest absolute Gasteiger partial charge is 0.309 e. The zero-order chi connectivity index (χ0) is 37.0. The number of para-hydroxylation sites is 3. The summed E-state index contributed by atoms with van der Waals surface area (Å²) in [5, 5.41) is 3.59. The zero-order valence-electron chi connectivity index (χ0n) is 30.4. The van der Waals surface area contributed by atoms with Crippen molar-refractivity contribution in [1.29, 1.82) is 0 Å². The van der Waals surface area contributed by atoms with Gasteiger partial charge in [-0.15, -0.1) is 0 Å². The molecule has 11 aromatic rings. The molecule has 262 valence electrons. The van der Waals surface area contributed by atoms with Crippen molar-refractivity contribution in [2.75, 3.05) is 0 Å². The van der Waals surface area contributed by atoms with Gasteiger partial charge in [0, 0.05) is 50.4 Å². The van der Waals surface area contributed by atoms with Crippen LogP contribution in [0.3, 0.4) is 0 Å². The molecule has 0 bridgehead atoms. The van der Waals surface area contributed by atoms with Crippen molar-refractivity contribution in [3.63, 3.8) is 0 Å². The first-order valence-corrected chi connectivity index (χ1v) is 19.0. The van der Waals surface area contributed by atoms with Gasteiger partial charge in [-0.25, -0.2) is 4.98 Å². The van der Waals surface area contributed by atoms with Crippen LogP contribution in [0.4, 0.5) is 0 Å². The van der Waals surface area contributed by atoms with Crippen molar-refractivity contribution in [3.05, 3.63) is 206 Å². The van der Waals surface area contributed by atoms with Crippen molar-refractivity contribution >= 4 is 43.7 Å². The minimum Gasteiger partial charge on any atom is -0.309 e. The molecule has 4 heteroatoms. The smallest absolute Gasteiger partial charge is 0.0963 e. The van der Waals surface area contributed by atoms with Crippen LogP contribution in [0, 0.1) is 0 Å². The monoisotopic (exact) mass is 714 g/mol. The summed E-state index contributed by atoms with van der Waals surface area (Å²) in [6.07, 6.45) is 1.89. The standard InChI is InChI=1S/C52H34N4/c1-4-15-35(16-5-1)46-32-39(33-47(54-46)36-17-6-2-7-18-36)37-19-12-22-41(31-37)55-49-27-14-30-53-51(49)45-29-28-38(34-50(45)55)42-24-13-25-44-43-23-10-11-26-48(43)56(52(42)44)40-20-8-3-9-21-40/h1-34H. The van der Waals surface area contributed by atoms with E-state index in [9.17, 15) is 0 Å². The summed E-state index contributed by atoms with van der Waals surface area (Å²) < 4.78 is 4.78. The Kier molecular flexibility index (Phi) is 7.46. The lowest BCUT2D eigenvalue weighted by Crippen LogP contribution is -1.96. The molecule has 0 radical (unpaired) electrons. The number of fused-ring (bicyclic) bond motifs is 6. The molecule has 0 atom stereocenters. The number of pyridine rings is 2. The van der Waals surface area contributed by atoms with Gasteiger partial charge in [-0.3, -0.25) is 4.98 Å². The van der Waals surface area contributed by atoms with Gasteiger partial charge in [0.1, 0.15) is 0 Å². The van der Waals surface area contributed by atoms with Crippen LogP contribution in [0.5, 0.6) is 0 Å². The van der Waals surface area contributed by atoms with Gasteiger partial charge in [-0.2, -0.15) is 0 Å². The average Bonchev–Trinajstić information content (AvgIpc) is 3.80. The van der Waals surface area contributed by atoms with Gasteiger partial charge in [-0.05, 0) is 83.4 Å². The highest BCUT2D eigenvalue weighted by Crippen LogP contribution is 2.41. The zero-order valence-corrected chi connectivity index (χ0v) is 30.4. The molecular formula is C52H34N4. The summed E-state index contributed by atoms with van der Waals surface area (Å²) in [5.41, 5.74) is 16.4. The van der Waals surface area contributed by atoms with E-state index in [1.165, 1.54) is 27.4 Å². The Morgan fingerprint density at radius 1 is 0.339 bits per heavy atom. The normalized spacial score (nSPS) is 11.6. The molecule has 0 aliphatic heterocycles. The van der Waals surface area contributed by atoms with E-state index in [0.29, 0.717) is 0 Å². The Hall–Kier alpha value is -7.56. The third-order valence-corrected chi connectivity index (χ3v) is 10.9. The molecule has 0 saturated heterocycles. The first-order chi connectivity index (χ1) is 27.8. The van der Waals surface area contributed by atoms with Crippen molar-refractivity contribution < 1.29 is 0 Å². The van der Waals surface area contributed by atoms with Crippen LogP contribution < -0.4 is 0 Å². The molecule has 56 heavy (non-hydrogen) atoms. The molecule has 0 amide bonds. The van der Waals surface area contributed by atoms with Crippen LogP contribution in [0.25, 0.3) is 99.9 Å². The molecule has 4 nitrogen and oxygen atoms in total. The summed E-state index contributed by atoms with van der Waals surface area (Å²) in [5.74, 6) is 0. The lowest BCUT2D eigenvalue weighted by atomic mass is 9.99. The summed E-state index contributed by atoms with van der Waals surface area (Å²) in [4.78, 5) is 10.1. The molecule has 11 rings (SSSR count). The molecule has 0 aliphatic carbocycles. The van der Waals surface area contributed by atoms with Crippen LogP contribution in [0.2, 0.25) is 0 Å². The third-order valence-electron chi connectivity index (χ3n) is 10.9. The summed E-state index contributed by atoms with van der Waals surface area (Å²) in [7, 11) is 0. The first-order valence-electron chi connectivity index (χ1n) is 19.0. The molecule has 4 heterocycles. The summed E-state index contributed by atoms with van der Waals surface area (Å²) in [6.45, 7) is 0. The van der Waals surface area contributed by atoms with Gasteiger partial charge in [0.25, 0.3) is 0 Å². The lowest BCUT2D eigenvalue weighted by Gasteiger charge is -2.14. The Morgan fingerprint density at radius 2 is 0.964 bits per heavy atom. The highest BCUT2D eigenvalue weighted by atomic mass is 15.0. The van der Waals surface area contributed by atoms with Crippen LogP contribution in [0.1, 0.15) is 0 Å². The van der Waals surface area contributed by atoms with Crippen LogP contribution in [-0.2, 0) is 0 Å². The molecule has 7 aromatic carbocycles. The number of benzene rings is 7. The van der Waals surface area contributed by atoms with E-state index >= 15 is 0 Å². The number of nitrogens with zero attached hydrogens (tertiary/aromatic N) is 4. The topological polar surface area (TPSA) is 35.6 Å². The molecule has 0 aliphatic rings. The Balaban J connectivity index is 1.12. The number of hydrogen-bond donors (Lipinski definition) is 0. The Morgan fingerprint density at radius 3 is 1.73 bits per heavy atom. The van der Waals surface area contributed by atoms with Gasteiger partial charge >= 0.3 is 0 Å². The van der Waals surface area contributed by atoms with E-state index in [-0.39, 0.29) is 0 Å². The van der Waals surface area contributed by atoms with Crippen molar-refractivity contribution in [2.24, 2.45) is 0 Å². The minimum absolute atomic E-state index is 0.945. The van der Waals surface area contributed by atoms with E-state index in [2.05, 4.69) is 191 Å². The average molecular weight is 715 g/mol. The minimum atomic E-state index is 0.945. The van der Waals surface area contributed by atoms with Crippen LogP contribution >= 0.6 is 0 Å². The lowest BCUT2D eigenvalue weighted by molar-refractivity contribution is 1.17. The summed E-state index contributed by atoms with van der Waals surface area (Å²) in [6, 6.07) is 71.3. The second-order valence-electron chi connectivity index (χ2n) is 14.2. The van der Waals surface area contributed by atoms with Gasteiger partial charge in [0.15, 0.2) is 0 Å². The highest BCUT2D eigenvalue weighted by molar-refractivity contribution is 6.15. The Labute approximate surface area is 324 Å².